The number of hydrogen-bond donors (Lipinski definition) is 2. The van der Waals surface area contributed by atoms with Crippen molar-refractivity contribution in [3.05, 3.63) is 65.7 Å². The summed E-state index contributed by atoms with van der Waals surface area (Å²) >= 11 is 0. The van der Waals surface area contributed by atoms with E-state index in [0.717, 1.165) is 5.92 Å². The number of carbonyl (C=O) groups is 2. The van der Waals surface area contributed by atoms with Gasteiger partial charge in [-0.25, -0.2) is 9.59 Å². The van der Waals surface area contributed by atoms with E-state index in [-0.39, 0.29) is 0 Å². The maximum Gasteiger partial charge on any atom is 0.337 e. The fourth-order valence-electron chi connectivity index (χ4n) is 3.78. The molecule has 1 unspecified atom stereocenters. The zero-order valence-corrected chi connectivity index (χ0v) is 16.7. The Bertz CT molecular complexity index is 776. The normalized spacial score (nSPS) is 20.7. The summed E-state index contributed by atoms with van der Waals surface area (Å²) in [6.07, 6.45) is 4.46. The van der Waals surface area contributed by atoms with Gasteiger partial charge in [0.05, 0.1) is 12.7 Å². The average molecular weight is 396 g/mol. The number of esters is 1. The van der Waals surface area contributed by atoms with Crippen molar-refractivity contribution in [3.8, 4) is 0 Å². The predicted molar refractivity (Wildman–Crippen MR) is 112 cm³/mol. The number of piperidine rings is 3. The third kappa shape index (κ3) is 5.81. The molecule has 3 fully saturated rings. The molecular weight excluding hydrogens is 368 g/mol. The number of anilines is 1. The highest BCUT2D eigenvalue weighted by Gasteiger charge is 2.24. The van der Waals surface area contributed by atoms with Gasteiger partial charge in [0.15, 0.2) is 6.04 Å². The molecule has 0 amide bonds. The second kappa shape index (κ2) is 10.1. The van der Waals surface area contributed by atoms with Gasteiger partial charge in [-0.2, -0.15) is 0 Å². The van der Waals surface area contributed by atoms with Crippen LogP contribution in [-0.2, 0) is 9.53 Å². The van der Waals surface area contributed by atoms with E-state index in [4.69, 9.17) is 0 Å². The van der Waals surface area contributed by atoms with Crippen molar-refractivity contribution in [2.75, 3.05) is 32.1 Å². The maximum absolute atomic E-state index is 11.4. The van der Waals surface area contributed by atoms with Gasteiger partial charge >= 0.3 is 11.9 Å². The van der Waals surface area contributed by atoms with Gasteiger partial charge in [-0.1, -0.05) is 30.3 Å². The molecule has 3 saturated heterocycles. The van der Waals surface area contributed by atoms with Crippen LogP contribution in [0.4, 0.5) is 5.69 Å². The monoisotopic (exact) mass is 396 g/mol. The predicted octanol–water partition coefficient (Wildman–Crippen LogP) is 3.81. The highest BCUT2D eigenvalue weighted by molar-refractivity contribution is 5.89. The summed E-state index contributed by atoms with van der Waals surface area (Å²) in [5, 5.41) is 12.3. The maximum atomic E-state index is 11.4. The second-order valence-electron chi connectivity index (χ2n) is 7.47. The average Bonchev–Trinajstić information content (AvgIpc) is 2.79. The van der Waals surface area contributed by atoms with Crippen LogP contribution < -0.4 is 5.32 Å². The summed E-state index contributed by atoms with van der Waals surface area (Å²) in [7, 11) is 1.30. The third-order valence-electron chi connectivity index (χ3n) is 5.56. The van der Waals surface area contributed by atoms with Gasteiger partial charge < -0.3 is 20.1 Å². The van der Waals surface area contributed by atoms with Crippen LogP contribution in [0.3, 0.4) is 0 Å². The number of rotatable bonds is 5. The van der Waals surface area contributed by atoms with Crippen LogP contribution in [0, 0.1) is 5.92 Å². The number of ether oxygens (including phenoxy) is 1. The quantitative estimate of drug-likeness (QED) is 0.748. The molecule has 0 spiro atoms. The van der Waals surface area contributed by atoms with Crippen LogP contribution >= 0.6 is 0 Å². The van der Waals surface area contributed by atoms with E-state index in [2.05, 4.69) is 15.0 Å². The minimum atomic E-state index is -0.996. The van der Waals surface area contributed by atoms with E-state index in [1.807, 2.05) is 18.2 Å². The number of carboxylic acid groups (broad SMARTS) is 1. The lowest BCUT2D eigenvalue weighted by Gasteiger charge is -2.38. The van der Waals surface area contributed by atoms with Gasteiger partial charge in [0.25, 0.3) is 0 Å². The zero-order valence-electron chi connectivity index (χ0n) is 16.7. The van der Waals surface area contributed by atoms with Gasteiger partial charge in [-0.15, -0.1) is 0 Å². The molecular formula is C23H28N2O4. The molecule has 3 aliphatic rings. The van der Waals surface area contributed by atoms with Crippen LogP contribution in [0.15, 0.2) is 54.6 Å². The standard InChI is InChI=1S/C16H15NO4.C7H13N/c1-21-16(20)12-9-7-11(8-10-12)14(15(18)19)17-13-5-3-2-4-6-13;1-4-8-5-2-7(1)3-6-8/h2-10,14,17H,1H3,(H,18,19);7H,1-6H2. The molecule has 3 heterocycles. The zero-order chi connectivity index (χ0) is 20.6. The molecule has 0 aliphatic carbocycles. The largest absolute Gasteiger partial charge is 0.479 e. The minimum Gasteiger partial charge on any atom is -0.479 e. The van der Waals surface area contributed by atoms with Gasteiger partial charge in [0, 0.05) is 5.69 Å². The van der Waals surface area contributed by atoms with E-state index >= 15 is 0 Å². The van der Waals surface area contributed by atoms with Crippen LogP contribution in [0.25, 0.3) is 0 Å². The summed E-state index contributed by atoms with van der Waals surface area (Å²) in [5.41, 5.74) is 1.64. The summed E-state index contributed by atoms with van der Waals surface area (Å²) in [6.45, 7) is 4.18. The summed E-state index contributed by atoms with van der Waals surface area (Å²) < 4.78 is 4.61. The highest BCUT2D eigenvalue weighted by Crippen LogP contribution is 2.26. The summed E-state index contributed by atoms with van der Waals surface area (Å²) in [5.74, 6) is -0.339. The molecule has 2 bridgehead atoms. The first-order valence-electron chi connectivity index (χ1n) is 10.0. The molecule has 3 aliphatic heterocycles. The molecule has 0 radical (unpaired) electrons. The Kier molecular flexibility index (Phi) is 7.25. The number of fused-ring (bicyclic) bond motifs is 3. The first-order chi connectivity index (χ1) is 14.1. The number of nitrogens with one attached hydrogen (secondary N) is 1. The number of para-hydroxylation sites is 1. The van der Waals surface area contributed by atoms with Gasteiger partial charge in [0.2, 0.25) is 0 Å². The Morgan fingerprint density at radius 2 is 1.59 bits per heavy atom. The number of carbonyl (C=O) groups excluding carboxylic acids is 1. The minimum absolute atomic E-state index is 0.380. The van der Waals surface area contributed by atoms with Crippen molar-refractivity contribution >= 4 is 17.6 Å². The van der Waals surface area contributed by atoms with E-state index in [1.165, 1.54) is 46.0 Å². The fourth-order valence-corrected chi connectivity index (χ4v) is 3.78. The Labute approximate surface area is 171 Å². The Morgan fingerprint density at radius 3 is 2.00 bits per heavy atom. The van der Waals surface area contributed by atoms with Crippen LogP contribution in [0.5, 0.6) is 0 Å². The lowest BCUT2D eigenvalue weighted by molar-refractivity contribution is -0.138. The van der Waals surface area contributed by atoms with Crippen LogP contribution in [0.2, 0.25) is 0 Å². The van der Waals surface area contributed by atoms with Crippen molar-refractivity contribution in [1.29, 1.82) is 0 Å². The van der Waals surface area contributed by atoms with E-state index in [1.54, 1.807) is 36.4 Å². The number of hydrogen-bond acceptors (Lipinski definition) is 5. The topological polar surface area (TPSA) is 78.9 Å². The molecule has 154 valence electrons. The van der Waals surface area contributed by atoms with Crippen molar-refractivity contribution in [2.24, 2.45) is 5.92 Å². The SMILES string of the molecule is C1CN2CCC1CC2.COC(=O)c1ccc(C(Nc2ccccc2)C(=O)O)cc1. The molecule has 6 nitrogen and oxygen atoms in total. The van der Waals surface area contributed by atoms with E-state index in [0.29, 0.717) is 16.8 Å². The smallest absolute Gasteiger partial charge is 0.337 e. The van der Waals surface area contributed by atoms with Gasteiger partial charge in [-0.05, 0) is 74.6 Å². The van der Waals surface area contributed by atoms with Crippen LogP contribution in [-0.4, -0.2) is 48.7 Å². The molecule has 2 N–H and O–H groups in total. The van der Waals surface area contributed by atoms with Gasteiger partial charge in [0.1, 0.15) is 0 Å². The van der Waals surface area contributed by atoms with Crippen molar-refractivity contribution in [3.63, 3.8) is 0 Å². The molecule has 29 heavy (non-hydrogen) atoms. The Balaban J connectivity index is 0.000000246. The first kappa shape index (κ1) is 20.9. The van der Waals surface area contributed by atoms with Gasteiger partial charge in [-0.3, -0.25) is 0 Å². The molecule has 0 saturated carbocycles. The van der Waals surface area contributed by atoms with Crippen LogP contribution in [0.1, 0.15) is 41.2 Å². The number of benzene rings is 2. The first-order valence-corrected chi connectivity index (χ1v) is 10.0. The number of carboxylic acids is 1. The Morgan fingerprint density at radius 1 is 1.00 bits per heavy atom. The van der Waals surface area contributed by atoms with Crippen molar-refractivity contribution in [2.45, 2.75) is 25.3 Å². The molecule has 6 heteroatoms. The Hall–Kier alpha value is -2.86. The third-order valence-corrected chi connectivity index (χ3v) is 5.56. The highest BCUT2D eigenvalue weighted by atomic mass is 16.5. The van der Waals surface area contributed by atoms with E-state index < -0.39 is 18.0 Å². The molecule has 1 atom stereocenters. The number of nitrogens with zero attached hydrogens (tertiary/aromatic N) is 1. The lowest BCUT2D eigenvalue weighted by atomic mass is 9.89. The number of aliphatic carboxylic acids is 1. The lowest BCUT2D eigenvalue weighted by Crippen LogP contribution is -2.41. The molecule has 0 aromatic heterocycles. The summed E-state index contributed by atoms with van der Waals surface area (Å²) in [4.78, 5) is 25.4. The molecule has 2 aromatic carbocycles. The number of methoxy groups -OCH3 is 1. The van der Waals surface area contributed by atoms with Crippen molar-refractivity contribution < 1.29 is 19.4 Å². The molecule has 2 aromatic rings. The second-order valence-corrected chi connectivity index (χ2v) is 7.47. The fraction of sp³-hybridized carbons (Fsp3) is 0.391. The van der Waals surface area contributed by atoms with E-state index in [9.17, 15) is 14.7 Å². The van der Waals surface area contributed by atoms with Crippen molar-refractivity contribution in [1.82, 2.24) is 4.90 Å². The molecule has 5 rings (SSSR count). The summed E-state index contributed by atoms with van der Waals surface area (Å²) in [6, 6.07) is 14.5.